The highest BCUT2D eigenvalue weighted by Crippen LogP contribution is 2.30. The first kappa shape index (κ1) is 14.5. The van der Waals surface area contributed by atoms with Gasteiger partial charge in [0.15, 0.2) is 0 Å². The van der Waals surface area contributed by atoms with Crippen molar-refractivity contribution in [1.29, 1.82) is 0 Å². The molecule has 0 bridgehead atoms. The molecule has 112 valence electrons. The summed E-state index contributed by atoms with van der Waals surface area (Å²) in [7, 11) is 0. The Labute approximate surface area is 130 Å². The van der Waals surface area contributed by atoms with Crippen molar-refractivity contribution >= 4 is 0 Å². The van der Waals surface area contributed by atoms with Crippen LogP contribution >= 0.6 is 0 Å². The molecule has 1 N–H and O–H groups in total. The summed E-state index contributed by atoms with van der Waals surface area (Å²) in [6.07, 6.45) is 4.56. The van der Waals surface area contributed by atoms with Crippen LogP contribution < -0.4 is 0 Å². The average molecular weight is 292 g/mol. The predicted molar refractivity (Wildman–Crippen MR) is 87.8 cm³/mol. The minimum Gasteiger partial charge on any atom is -0.396 e. The lowest BCUT2D eigenvalue weighted by molar-refractivity contribution is 0.279. The summed E-state index contributed by atoms with van der Waals surface area (Å²) in [5, 5.41) is 9.09. The molecule has 0 spiro atoms. The van der Waals surface area contributed by atoms with Gasteiger partial charge in [0.2, 0.25) is 0 Å². The zero-order valence-electron chi connectivity index (χ0n) is 12.5. The molecule has 0 aliphatic rings. The van der Waals surface area contributed by atoms with Crippen LogP contribution in [0, 0.1) is 0 Å². The molecule has 1 aromatic heterocycles. The van der Waals surface area contributed by atoms with Crippen LogP contribution in [0.4, 0.5) is 0 Å². The Bertz CT molecular complexity index is 652. The number of imidazole rings is 1. The second-order valence-electron chi connectivity index (χ2n) is 5.31. The highest BCUT2D eigenvalue weighted by molar-refractivity contribution is 5.38. The Hall–Kier alpha value is -2.39. The average Bonchev–Trinajstić information content (AvgIpc) is 3.03. The molecule has 0 atom stereocenters. The van der Waals surface area contributed by atoms with Gasteiger partial charge in [-0.1, -0.05) is 60.7 Å². The van der Waals surface area contributed by atoms with E-state index in [0.717, 1.165) is 18.8 Å². The Morgan fingerprint density at radius 3 is 2.05 bits per heavy atom. The van der Waals surface area contributed by atoms with Gasteiger partial charge in [0.1, 0.15) is 5.82 Å². The fraction of sp³-hybridized carbons (Fsp3) is 0.211. The fourth-order valence-corrected chi connectivity index (χ4v) is 2.79. The quantitative estimate of drug-likeness (QED) is 0.755. The van der Waals surface area contributed by atoms with Gasteiger partial charge in [-0.2, -0.15) is 0 Å². The predicted octanol–water partition coefficient (Wildman–Crippen LogP) is 3.45. The molecule has 0 radical (unpaired) electrons. The minimum absolute atomic E-state index is 0.107. The number of aryl methyl sites for hydroxylation is 1. The minimum atomic E-state index is 0.107. The van der Waals surface area contributed by atoms with E-state index in [1.807, 2.05) is 24.5 Å². The van der Waals surface area contributed by atoms with Gasteiger partial charge < -0.3 is 9.67 Å². The number of aliphatic hydroxyl groups is 1. The number of hydrogen-bond donors (Lipinski definition) is 1. The van der Waals surface area contributed by atoms with E-state index < -0.39 is 0 Å². The first-order valence-electron chi connectivity index (χ1n) is 7.62. The molecule has 1 heterocycles. The van der Waals surface area contributed by atoms with E-state index >= 15 is 0 Å². The maximum absolute atomic E-state index is 9.09. The molecule has 3 rings (SSSR count). The summed E-state index contributed by atoms with van der Waals surface area (Å²) < 4.78 is 2.14. The van der Waals surface area contributed by atoms with Crippen LogP contribution in [0.2, 0.25) is 0 Å². The summed E-state index contributed by atoms with van der Waals surface area (Å²) in [5.74, 6) is 1.13. The SMILES string of the molecule is OCCCn1ccnc1C(c1ccccc1)c1ccccc1. The van der Waals surface area contributed by atoms with Crippen molar-refractivity contribution in [3.63, 3.8) is 0 Å². The Morgan fingerprint density at radius 2 is 1.50 bits per heavy atom. The smallest absolute Gasteiger partial charge is 0.120 e. The summed E-state index contributed by atoms with van der Waals surface area (Å²) >= 11 is 0. The lowest BCUT2D eigenvalue weighted by Gasteiger charge is -2.19. The van der Waals surface area contributed by atoms with Crippen LogP contribution in [0.1, 0.15) is 29.3 Å². The van der Waals surface area contributed by atoms with Crippen LogP contribution in [0.3, 0.4) is 0 Å². The maximum Gasteiger partial charge on any atom is 0.120 e. The van der Waals surface area contributed by atoms with Crippen LogP contribution in [-0.2, 0) is 6.54 Å². The number of hydrogen-bond acceptors (Lipinski definition) is 2. The number of rotatable bonds is 6. The van der Waals surface area contributed by atoms with Gasteiger partial charge in [-0.3, -0.25) is 0 Å². The Kier molecular flexibility index (Phi) is 4.66. The van der Waals surface area contributed by atoms with E-state index in [2.05, 4.69) is 58.1 Å². The number of aromatic nitrogens is 2. The monoisotopic (exact) mass is 292 g/mol. The number of benzene rings is 2. The largest absolute Gasteiger partial charge is 0.396 e. The van der Waals surface area contributed by atoms with E-state index in [9.17, 15) is 0 Å². The molecule has 0 saturated carbocycles. The molecular formula is C19H20N2O. The van der Waals surface area contributed by atoms with E-state index in [0.29, 0.717) is 0 Å². The molecule has 2 aromatic carbocycles. The van der Waals surface area contributed by atoms with Crippen molar-refractivity contribution in [2.45, 2.75) is 18.9 Å². The molecule has 0 amide bonds. The van der Waals surface area contributed by atoms with Crippen LogP contribution in [-0.4, -0.2) is 21.3 Å². The number of aliphatic hydroxyl groups excluding tert-OH is 1. The molecule has 3 aromatic rings. The fourth-order valence-electron chi connectivity index (χ4n) is 2.79. The van der Waals surface area contributed by atoms with Crippen LogP contribution in [0.15, 0.2) is 73.1 Å². The van der Waals surface area contributed by atoms with Crippen molar-refractivity contribution in [3.05, 3.63) is 90.0 Å². The normalized spacial score (nSPS) is 11.0. The van der Waals surface area contributed by atoms with Crippen molar-refractivity contribution in [2.24, 2.45) is 0 Å². The molecule has 3 heteroatoms. The van der Waals surface area contributed by atoms with Gasteiger partial charge >= 0.3 is 0 Å². The van der Waals surface area contributed by atoms with E-state index in [-0.39, 0.29) is 12.5 Å². The topological polar surface area (TPSA) is 38.0 Å². The van der Waals surface area contributed by atoms with Gasteiger partial charge in [-0.05, 0) is 17.5 Å². The third-order valence-corrected chi connectivity index (χ3v) is 3.83. The summed E-state index contributed by atoms with van der Waals surface area (Å²) in [6, 6.07) is 20.9. The van der Waals surface area contributed by atoms with Crippen molar-refractivity contribution in [1.82, 2.24) is 9.55 Å². The zero-order chi connectivity index (χ0) is 15.2. The van der Waals surface area contributed by atoms with E-state index in [1.165, 1.54) is 11.1 Å². The van der Waals surface area contributed by atoms with Gasteiger partial charge in [-0.15, -0.1) is 0 Å². The van der Waals surface area contributed by atoms with Gasteiger partial charge in [0.25, 0.3) is 0 Å². The molecule has 0 fully saturated rings. The standard InChI is InChI=1S/C19H20N2O/c22-15-7-13-21-14-12-20-19(21)18(16-8-3-1-4-9-16)17-10-5-2-6-11-17/h1-6,8-12,14,18,22H,7,13,15H2. The summed E-state index contributed by atoms with van der Waals surface area (Å²) in [6.45, 7) is 0.973. The molecule has 22 heavy (non-hydrogen) atoms. The van der Waals surface area contributed by atoms with Gasteiger partial charge in [0.05, 0.1) is 5.92 Å². The van der Waals surface area contributed by atoms with E-state index in [4.69, 9.17) is 5.11 Å². The summed E-state index contributed by atoms with van der Waals surface area (Å²) in [5.41, 5.74) is 2.45. The van der Waals surface area contributed by atoms with E-state index in [1.54, 1.807) is 0 Å². The lowest BCUT2D eigenvalue weighted by Crippen LogP contribution is -2.12. The third kappa shape index (κ3) is 3.10. The molecule has 0 aliphatic heterocycles. The lowest BCUT2D eigenvalue weighted by atomic mass is 9.90. The number of nitrogens with zero attached hydrogens (tertiary/aromatic N) is 2. The van der Waals surface area contributed by atoms with Gasteiger partial charge in [0, 0.05) is 25.5 Å². The second-order valence-corrected chi connectivity index (χ2v) is 5.31. The van der Waals surface area contributed by atoms with Crippen LogP contribution in [0.25, 0.3) is 0 Å². The Balaban J connectivity index is 2.05. The highest BCUT2D eigenvalue weighted by atomic mass is 16.3. The van der Waals surface area contributed by atoms with Crippen molar-refractivity contribution in [3.8, 4) is 0 Å². The molecule has 0 aliphatic carbocycles. The summed E-state index contributed by atoms with van der Waals surface area (Å²) in [4.78, 5) is 4.60. The maximum atomic E-state index is 9.09. The Morgan fingerprint density at radius 1 is 0.909 bits per heavy atom. The molecule has 3 nitrogen and oxygen atoms in total. The second kappa shape index (κ2) is 7.05. The molecule has 0 saturated heterocycles. The molecule has 0 unspecified atom stereocenters. The highest BCUT2D eigenvalue weighted by Gasteiger charge is 2.20. The first-order valence-corrected chi connectivity index (χ1v) is 7.62. The first-order chi connectivity index (χ1) is 10.9. The van der Waals surface area contributed by atoms with Crippen molar-refractivity contribution in [2.75, 3.05) is 6.61 Å². The molecular weight excluding hydrogens is 272 g/mol. The van der Waals surface area contributed by atoms with Gasteiger partial charge in [-0.25, -0.2) is 4.98 Å². The zero-order valence-corrected chi connectivity index (χ0v) is 12.5. The van der Waals surface area contributed by atoms with Crippen LogP contribution in [0.5, 0.6) is 0 Å². The third-order valence-electron chi connectivity index (χ3n) is 3.83. The van der Waals surface area contributed by atoms with Crippen molar-refractivity contribution < 1.29 is 5.11 Å².